The molecule has 0 aliphatic rings. The smallest absolute Gasteiger partial charge is 0.265 e. The lowest BCUT2D eigenvalue weighted by Crippen LogP contribution is -2.26. The number of aryl methyl sites for hydroxylation is 2. The van der Waals surface area contributed by atoms with E-state index in [1.54, 1.807) is 25.1 Å². The van der Waals surface area contributed by atoms with Crippen molar-refractivity contribution in [2.75, 3.05) is 14.2 Å². The van der Waals surface area contributed by atoms with Crippen molar-refractivity contribution in [3.63, 3.8) is 0 Å². The Labute approximate surface area is 146 Å². The Balaban J connectivity index is 2.19. The van der Waals surface area contributed by atoms with Gasteiger partial charge in [-0.1, -0.05) is 18.5 Å². The van der Waals surface area contributed by atoms with Crippen molar-refractivity contribution >= 4 is 28.8 Å². The van der Waals surface area contributed by atoms with Gasteiger partial charge in [-0.25, -0.2) is 4.98 Å². The van der Waals surface area contributed by atoms with Crippen molar-refractivity contribution in [3.05, 3.63) is 44.4 Å². The lowest BCUT2D eigenvalue weighted by Gasteiger charge is -2.18. The molecular formula is C17H21ClN2O2S. The van der Waals surface area contributed by atoms with E-state index in [1.807, 2.05) is 19.1 Å². The van der Waals surface area contributed by atoms with Gasteiger partial charge in [-0.3, -0.25) is 4.79 Å². The molecule has 0 saturated heterocycles. The van der Waals surface area contributed by atoms with Gasteiger partial charge in [-0.05, 0) is 38.0 Å². The van der Waals surface area contributed by atoms with Crippen molar-refractivity contribution in [3.8, 4) is 5.75 Å². The number of rotatable bonds is 6. The normalized spacial score (nSPS) is 10.7. The second-order valence-electron chi connectivity index (χ2n) is 5.39. The second kappa shape index (κ2) is 7.79. The Hall–Kier alpha value is -1.59. The summed E-state index contributed by atoms with van der Waals surface area (Å²) in [5, 5.41) is 1.64. The van der Waals surface area contributed by atoms with Gasteiger partial charge < -0.3 is 9.64 Å². The fourth-order valence-electron chi connectivity index (χ4n) is 2.34. The molecule has 124 valence electrons. The van der Waals surface area contributed by atoms with Gasteiger partial charge in [0.2, 0.25) is 0 Å². The topological polar surface area (TPSA) is 42.4 Å². The van der Waals surface area contributed by atoms with E-state index in [9.17, 15) is 4.79 Å². The van der Waals surface area contributed by atoms with Gasteiger partial charge in [-0.15, -0.1) is 11.3 Å². The van der Waals surface area contributed by atoms with E-state index < -0.39 is 0 Å². The minimum Gasteiger partial charge on any atom is -0.496 e. The molecule has 23 heavy (non-hydrogen) atoms. The highest BCUT2D eigenvalue weighted by Gasteiger charge is 2.20. The van der Waals surface area contributed by atoms with E-state index in [2.05, 4.69) is 11.9 Å². The third kappa shape index (κ3) is 4.24. The zero-order valence-corrected chi connectivity index (χ0v) is 15.4. The highest BCUT2D eigenvalue weighted by molar-refractivity contribution is 7.13. The van der Waals surface area contributed by atoms with Crippen LogP contribution in [0.15, 0.2) is 18.2 Å². The molecule has 1 heterocycles. The molecule has 0 bridgehead atoms. The number of halogens is 1. The molecule has 0 spiro atoms. The molecule has 4 nitrogen and oxygen atoms in total. The monoisotopic (exact) mass is 352 g/mol. The van der Waals surface area contributed by atoms with E-state index in [1.165, 1.54) is 11.3 Å². The Bertz CT molecular complexity index is 700. The lowest BCUT2D eigenvalue weighted by molar-refractivity contribution is 0.0788. The highest BCUT2D eigenvalue weighted by atomic mass is 35.5. The Morgan fingerprint density at radius 2 is 2.17 bits per heavy atom. The van der Waals surface area contributed by atoms with Crippen LogP contribution in [0, 0.1) is 6.92 Å². The standard InChI is InChI=1S/C17H21ClN2O2S/c1-5-6-15-19-11(2)16(23-15)17(21)20(3)10-12-9-13(18)7-8-14(12)22-4/h7-9H,5-6,10H2,1-4H3. The summed E-state index contributed by atoms with van der Waals surface area (Å²) in [4.78, 5) is 19.6. The van der Waals surface area contributed by atoms with Crippen LogP contribution in [0.1, 0.15) is 39.3 Å². The van der Waals surface area contributed by atoms with Gasteiger partial charge in [0.15, 0.2) is 0 Å². The van der Waals surface area contributed by atoms with E-state index in [-0.39, 0.29) is 5.91 Å². The van der Waals surface area contributed by atoms with E-state index >= 15 is 0 Å². The van der Waals surface area contributed by atoms with Crippen LogP contribution in [-0.2, 0) is 13.0 Å². The summed E-state index contributed by atoms with van der Waals surface area (Å²) in [6, 6.07) is 5.41. The fourth-order valence-corrected chi connectivity index (χ4v) is 3.70. The van der Waals surface area contributed by atoms with Crippen molar-refractivity contribution in [1.82, 2.24) is 9.88 Å². The number of carbonyl (C=O) groups excluding carboxylic acids is 1. The molecule has 0 N–H and O–H groups in total. The maximum absolute atomic E-state index is 12.7. The number of hydrogen-bond acceptors (Lipinski definition) is 4. The van der Waals surface area contributed by atoms with Gasteiger partial charge in [0, 0.05) is 24.2 Å². The van der Waals surface area contributed by atoms with Crippen LogP contribution >= 0.6 is 22.9 Å². The van der Waals surface area contributed by atoms with E-state index in [0.717, 1.165) is 34.9 Å². The summed E-state index contributed by atoms with van der Waals surface area (Å²) in [6.45, 7) is 4.43. The summed E-state index contributed by atoms with van der Waals surface area (Å²) >= 11 is 7.53. The Morgan fingerprint density at radius 3 is 2.83 bits per heavy atom. The predicted molar refractivity (Wildman–Crippen MR) is 94.6 cm³/mol. The predicted octanol–water partition coefficient (Wildman–Crippen LogP) is 4.34. The van der Waals surface area contributed by atoms with Crippen molar-refractivity contribution in [2.24, 2.45) is 0 Å². The Morgan fingerprint density at radius 1 is 1.43 bits per heavy atom. The highest BCUT2D eigenvalue weighted by Crippen LogP contribution is 2.26. The average molecular weight is 353 g/mol. The molecular weight excluding hydrogens is 332 g/mol. The number of benzene rings is 1. The number of thiazole rings is 1. The number of carbonyl (C=O) groups is 1. The molecule has 0 aliphatic carbocycles. The summed E-state index contributed by atoms with van der Waals surface area (Å²) < 4.78 is 5.34. The lowest BCUT2D eigenvalue weighted by atomic mass is 10.2. The van der Waals surface area contributed by atoms with Gasteiger partial charge in [0.1, 0.15) is 10.6 Å². The first-order valence-corrected chi connectivity index (χ1v) is 8.69. The van der Waals surface area contributed by atoms with Crippen LogP contribution in [0.4, 0.5) is 0 Å². The number of hydrogen-bond donors (Lipinski definition) is 0. The number of nitrogens with zero attached hydrogens (tertiary/aromatic N) is 2. The van der Waals surface area contributed by atoms with Gasteiger partial charge in [0.05, 0.1) is 17.8 Å². The van der Waals surface area contributed by atoms with Gasteiger partial charge in [0.25, 0.3) is 5.91 Å². The first-order chi connectivity index (χ1) is 11.0. The SMILES string of the molecule is CCCc1nc(C)c(C(=O)N(C)Cc2cc(Cl)ccc2OC)s1. The van der Waals surface area contributed by atoms with Crippen LogP contribution in [0.5, 0.6) is 5.75 Å². The van der Waals surface area contributed by atoms with E-state index in [0.29, 0.717) is 16.4 Å². The van der Waals surface area contributed by atoms with E-state index in [4.69, 9.17) is 16.3 Å². The maximum Gasteiger partial charge on any atom is 0.265 e. The number of aromatic nitrogens is 1. The molecule has 1 aromatic carbocycles. The number of methoxy groups -OCH3 is 1. The molecule has 0 unspecified atom stereocenters. The summed E-state index contributed by atoms with van der Waals surface area (Å²) in [7, 11) is 3.39. The van der Waals surface area contributed by atoms with Crippen LogP contribution in [0.2, 0.25) is 5.02 Å². The van der Waals surface area contributed by atoms with Crippen LogP contribution in [-0.4, -0.2) is 29.9 Å². The Kier molecular flexibility index (Phi) is 6.02. The van der Waals surface area contributed by atoms with Crippen molar-refractivity contribution in [2.45, 2.75) is 33.2 Å². The zero-order chi connectivity index (χ0) is 17.0. The first-order valence-electron chi connectivity index (χ1n) is 7.50. The molecule has 6 heteroatoms. The van der Waals surface area contributed by atoms with Crippen LogP contribution in [0.25, 0.3) is 0 Å². The molecule has 0 radical (unpaired) electrons. The molecule has 1 aromatic heterocycles. The van der Waals surface area contributed by atoms with Crippen LogP contribution < -0.4 is 4.74 Å². The molecule has 2 rings (SSSR count). The zero-order valence-electron chi connectivity index (χ0n) is 13.9. The van der Waals surface area contributed by atoms with Gasteiger partial charge >= 0.3 is 0 Å². The van der Waals surface area contributed by atoms with Crippen LogP contribution in [0.3, 0.4) is 0 Å². The molecule has 2 aromatic rings. The third-order valence-corrected chi connectivity index (χ3v) is 4.94. The molecule has 0 fully saturated rings. The minimum atomic E-state index is -0.0237. The summed E-state index contributed by atoms with van der Waals surface area (Å²) in [5.41, 5.74) is 1.68. The number of amides is 1. The quantitative estimate of drug-likeness (QED) is 0.776. The fraction of sp³-hybridized carbons (Fsp3) is 0.412. The average Bonchev–Trinajstić information content (AvgIpc) is 2.87. The summed E-state index contributed by atoms with van der Waals surface area (Å²) in [6.07, 6.45) is 1.93. The van der Waals surface area contributed by atoms with Crippen molar-refractivity contribution in [1.29, 1.82) is 0 Å². The molecule has 0 saturated carbocycles. The molecule has 0 atom stereocenters. The molecule has 1 amide bonds. The van der Waals surface area contributed by atoms with Crippen molar-refractivity contribution < 1.29 is 9.53 Å². The number of ether oxygens (including phenoxy) is 1. The third-order valence-electron chi connectivity index (χ3n) is 3.50. The maximum atomic E-state index is 12.7. The summed E-state index contributed by atoms with van der Waals surface area (Å²) in [5.74, 6) is 0.700. The molecule has 0 aliphatic heterocycles. The first kappa shape index (κ1) is 17.8. The largest absolute Gasteiger partial charge is 0.496 e. The second-order valence-corrected chi connectivity index (χ2v) is 6.91. The van der Waals surface area contributed by atoms with Gasteiger partial charge in [-0.2, -0.15) is 0 Å². The minimum absolute atomic E-state index is 0.0237.